The van der Waals surface area contributed by atoms with Crippen molar-refractivity contribution >= 4 is 44.8 Å². The van der Waals surface area contributed by atoms with Crippen molar-refractivity contribution in [2.24, 2.45) is 0 Å². The van der Waals surface area contributed by atoms with Gasteiger partial charge in [0.15, 0.2) is 0 Å². The molecule has 0 aliphatic heterocycles. The van der Waals surface area contributed by atoms with Crippen molar-refractivity contribution in [2.75, 3.05) is 22.5 Å². The Bertz CT molecular complexity index is 720. The lowest BCUT2D eigenvalue weighted by molar-refractivity contribution is -0.115. The molecule has 0 aromatic heterocycles. The van der Waals surface area contributed by atoms with Crippen LogP contribution >= 0.6 is 15.9 Å². The second-order valence-corrected chi connectivity index (χ2v) is 5.70. The SMILES string of the molecule is CC(=O)Nc1cc(NCC(=O)Nc2ccc(Br)cc2)ccc1F. The minimum Gasteiger partial charge on any atom is -0.376 e. The molecule has 0 spiro atoms. The quantitative estimate of drug-likeness (QED) is 0.743. The first-order valence-corrected chi connectivity index (χ1v) is 7.60. The van der Waals surface area contributed by atoms with Crippen LogP contribution in [0.2, 0.25) is 0 Å². The molecule has 0 unspecified atom stereocenters. The van der Waals surface area contributed by atoms with E-state index in [1.807, 2.05) is 12.1 Å². The number of benzene rings is 2. The number of nitrogens with one attached hydrogen (secondary N) is 3. The zero-order valence-corrected chi connectivity index (χ0v) is 13.9. The van der Waals surface area contributed by atoms with E-state index in [2.05, 4.69) is 31.9 Å². The van der Waals surface area contributed by atoms with Crippen LogP contribution in [-0.4, -0.2) is 18.4 Å². The summed E-state index contributed by atoms with van der Waals surface area (Å²) in [4.78, 5) is 22.9. The lowest BCUT2D eigenvalue weighted by Crippen LogP contribution is -2.21. The summed E-state index contributed by atoms with van der Waals surface area (Å²) in [7, 11) is 0. The molecule has 7 heteroatoms. The van der Waals surface area contributed by atoms with Crippen molar-refractivity contribution in [1.29, 1.82) is 0 Å². The van der Waals surface area contributed by atoms with Gasteiger partial charge in [0.25, 0.3) is 0 Å². The van der Waals surface area contributed by atoms with E-state index in [0.717, 1.165) is 4.47 Å². The Kier molecular flexibility index (Phi) is 5.70. The Balaban J connectivity index is 1.93. The van der Waals surface area contributed by atoms with Crippen LogP contribution in [0.25, 0.3) is 0 Å². The second-order valence-electron chi connectivity index (χ2n) is 4.78. The van der Waals surface area contributed by atoms with Crippen LogP contribution in [0, 0.1) is 5.82 Å². The molecule has 2 rings (SSSR count). The zero-order chi connectivity index (χ0) is 16.8. The van der Waals surface area contributed by atoms with Gasteiger partial charge in [0, 0.05) is 22.8 Å². The molecule has 2 aromatic carbocycles. The number of carbonyl (C=O) groups is 2. The number of amides is 2. The van der Waals surface area contributed by atoms with Crippen LogP contribution < -0.4 is 16.0 Å². The predicted octanol–water partition coefficient (Wildman–Crippen LogP) is 3.60. The number of anilines is 3. The normalized spacial score (nSPS) is 10.0. The molecule has 0 aliphatic rings. The molecule has 0 saturated heterocycles. The van der Waals surface area contributed by atoms with Gasteiger partial charge in [-0.3, -0.25) is 9.59 Å². The Labute approximate surface area is 141 Å². The highest BCUT2D eigenvalue weighted by Crippen LogP contribution is 2.19. The van der Waals surface area contributed by atoms with Crippen LogP contribution in [0.1, 0.15) is 6.92 Å². The first-order chi connectivity index (χ1) is 10.9. The zero-order valence-electron chi connectivity index (χ0n) is 12.3. The molecule has 0 bridgehead atoms. The summed E-state index contributed by atoms with van der Waals surface area (Å²) in [5.74, 6) is -1.14. The van der Waals surface area contributed by atoms with Crippen molar-refractivity contribution < 1.29 is 14.0 Å². The van der Waals surface area contributed by atoms with Gasteiger partial charge in [0.05, 0.1) is 12.2 Å². The molecule has 2 amide bonds. The molecular weight excluding hydrogens is 365 g/mol. The summed E-state index contributed by atoms with van der Waals surface area (Å²) in [6.45, 7) is 1.31. The van der Waals surface area contributed by atoms with Crippen molar-refractivity contribution in [2.45, 2.75) is 6.92 Å². The largest absolute Gasteiger partial charge is 0.376 e. The van der Waals surface area contributed by atoms with Gasteiger partial charge in [-0.2, -0.15) is 0 Å². The van der Waals surface area contributed by atoms with E-state index in [-0.39, 0.29) is 24.0 Å². The van der Waals surface area contributed by atoms with Crippen molar-refractivity contribution in [3.8, 4) is 0 Å². The minimum absolute atomic E-state index is 0.0151. The lowest BCUT2D eigenvalue weighted by Gasteiger charge is -2.10. The van der Waals surface area contributed by atoms with Crippen LogP contribution in [0.5, 0.6) is 0 Å². The third kappa shape index (κ3) is 5.37. The molecule has 120 valence electrons. The summed E-state index contributed by atoms with van der Waals surface area (Å²) < 4.78 is 14.4. The third-order valence-electron chi connectivity index (χ3n) is 2.86. The molecule has 0 radical (unpaired) electrons. The topological polar surface area (TPSA) is 70.2 Å². The minimum atomic E-state index is -0.537. The molecule has 3 N–H and O–H groups in total. The maximum Gasteiger partial charge on any atom is 0.243 e. The Morgan fingerprint density at radius 1 is 1.04 bits per heavy atom. The maximum absolute atomic E-state index is 13.5. The highest BCUT2D eigenvalue weighted by molar-refractivity contribution is 9.10. The van der Waals surface area contributed by atoms with Gasteiger partial charge < -0.3 is 16.0 Å². The molecule has 23 heavy (non-hydrogen) atoms. The van der Waals surface area contributed by atoms with Crippen molar-refractivity contribution in [3.05, 3.63) is 52.8 Å². The van der Waals surface area contributed by atoms with E-state index in [0.29, 0.717) is 11.4 Å². The summed E-state index contributed by atoms with van der Waals surface area (Å²) in [6.07, 6.45) is 0. The van der Waals surface area contributed by atoms with E-state index in [9.17, 15) is 14.0 Å². The van der Waals surface area contributed by atoms with Crippen molar-refractivity contribution in [1.82, 2.24) is 0 Å². The van der Waals surface area contributed by atoms with Gasteiger partial charge in [-0.1, -0.05) is 15.9 Å². The highest BCUT2D eigenvalue weighted by atomic mass is 79.9. The predicted molar refractivity (Wildman–Crippen MR) is 92.0 cm³/mol. The van der Waals surface area contributed by atoms with Gasteiger partial charge in [0.2, 0.25) is 11.8 Å². The summed E-state index contributed by atoms with van der Waals surface area (Å²) in [6, 6.07) is 11.3. The smallest absolute Gasteiger partial charge is 0.243 e. The van der Waals surface area contributed by atoms with Gasteiger partial charge in [-0.05, 0) is 42.5 Å². The number of hydrogen-bond acceptors (Lipinski definition) is 3. The average molecular weight is 380 g/mol. The lowest BCUT2D eigenvalue weighted by atomic mass is 10.2. The van der Waals surface area contributed by atoms with Crippen molar-refractivity contribution in [3.63, 3.8) is 0 Å². The summed E-state index contributed by atoms with van der Waals surface area (Å²) >= 11 is 3.32. The second kappa shape index (κ2) is 7.73. The first-order valence-electron chi connectivity index (χ1n) is 6.80. The van der Waals surface area contributed by atoms with E-state index < -0.39 is 5.82 Å². The van der Waals surface area contributed by atoms with Crippen LogP contribution in [0.15, 0.2) is 46.9 Å². The van der Waals surface area contributed by atoms with Gasteiger partial charge in [0.1, 0.15) is 5.82 Å². The first kappa shape index (κ1) is 17.0. The fraction of sp³-hybridized carbons (Fsp3) is 0.125. The fourth-order valence-corrected chi connectivity index (χ4v) is 2.11. The monoisotopic (exact) mass is 379 g/mol. The molecule has 0 saturated carbocycles. The molecular formula is C16H15BrFN3O2. The number of hydrogen-bond donors (Lipinski definition) is 3. The van der Waals surface area contributed by atoms with E-state index in [1.54, 1.807) is 12.1 Å². The van der Waals surface area contributed by atoms with Gasteiger partial charge in [-0.25, -0.2) is 4.39 Å². The molecule has 0 heterocycles. The molecule has 0 fully saturated rings. The maximum atomic E-state index is 13.5. The Hall–Kier alpha value is -2.41. The van der Waals surface area contributed by atoms with Crippen LogP contribution in [-0.2, 0) is 9.59 Å². The highest BCUT2D eigenvalue weighted by Gasteiger charge is 2.07. The van der Waals surface area contributed by atoms with Gasteiger partial charge >= 0.3 is 0 Å². The molecule has 5 nitrogen and oxygen atoms in total. The summed E-state index contributed by atoms with van der Waals surface area (Å²) in [5.41, 5.74) is 1.27. The standard InChI is InChI=1S/C16H15BrFN3O2/c1-10(22)20-15-8-13(6-7-14(15)18)19-9-16(23)21-12-4-2-11(17)3-5-12/h2-8,19H,9H2,1H3,(H,20,22)(H,21,23). The van der Waals surface area contributed by atoms with E-state index in [4.69, 9.17) is 0 Å². The van der Waals surface area contributed by atoms with Gasteiger partial charge in [-0.15, -0.1) is 0 Å². The number of rotatable bonds is 5. The van der Waals surface area contributed by atoms with Crippen LogP contribution in [0.4, 0.5) is 21.5 Å². The number of halogens is 2. The molecule has 0 aliphatic carbocycles. The third-order valence-corrected chi connectivity index (χ3v) is 3.39. The van der Waals surface area contributed by atoms with E-state index in [1.165, 1.54) is 25.1 Å². The summed E-state index contributed by atoms with van der Waals surface area (Å²) in [5, 5.41) is 8.00. The van der Waals surface area contributed by atoms with Crippen LogP contribution in [0.3, 0.4) is 0 Å². The molecule has 0 atom stereocenters. The number of carbonyl (C=O) groups excluding carboxylic acids is 2. The molecule has 2 aromatic rings. The Morgan fingerprint density at radius 3 is 2.35 bits per heavy atom. The van der Waals surface area contributed by atoms with E-state index >= 15 is 0 Å². The average Bonchev–Trinajstić information content (AvgIpc) is 2.50. The fourth-order valence-electron chi connectivity index (χ4n) is 1.84. The Morgan fingerprint density at radius 2 is 1.70 bits per heavy atom.